The largest absolute Gasteiger partial charge is 0.337 e. The lowest BCUT2D eigenvalue weighted by atomic mass is 10.0. The Balaban J connectivity index is 1.68. The van der Waals surface area contributed by atoms with Gasteiger partial charge in [-0.3, -0.25) is 9.48 Å². The molecule has 1 unspecified atom stereocenters. The van der Waals surface area contributed by atoms with Gasteiger partial charge in [-0.1, -0.05) is 6.42 Å². The maximum atomic E-state index is 13.1. The van der Waals surface area contributed by atoms with Crippen molar-refractivity contribution in [1.29, 1.82) is 0 Å². The number of nitrogens with zero attached hydrogens (tertiary/aromatic N) is 5. The summed E-state index contributed by atoms with van der Waals surface area (Å²) < 4.78 is 28.5. The summed E-state index contributed by atoms with van der Waals surface area (Å²) in [5, 5.41) is 4.38. The summed E-state index contributed by atoms with van der Waals surface area (Å²) in [5.74, 6) is -0.0450. The maximum absolute atomic E-state index is 13.1. The molecular formula is C20H35N5O3S. The molecule has 2 saturated heterocycles. The van der Waals surface area contributed by atoms with E-state index in [1.807, 2.05) is 13.8 Å². The van der Waals surface area contributed by atoms with Crippen molar-refractivity contribution in [1.82, 2.24) is 23.9 Å². The van der Waals surface area contributed by atoms with Gasteiger partial charge in [-0.25, -0.2) is 8.42 Å². The normalized spacial score (nSPS) is 21.7. The average molecular weight is 426 g/mol. The molecule has 2 aliphatic heterocycles. The molecule has 1 atom stereocenters. The molecule has 3 rings (SSSR count). The minimum absolute atomic E-state index is 0.0450. The second-order valence-electron chi connectivity index (χ2n) is 8.31. The standard InChI is InChI=1S/C20H35N5O3S/c1-4-24-16-19(17(2)21-24)20(26)23-12-8-9-18(15-23)25(29(3,27)28)14-13-22-10-6-5-7-11-22/h16,18H,4-15H2,1-3H3. The van der Waals surface area contributed by atoms with Crippen molar-refractivity contribution in [3.05, 3.63) is 17.5 Å². The van der Waals surface area contributed by atoms with Crippen LogP contribution in [0.4, 0.5) is 0 Å². The fraction of sp³-hybridized carbons (Fsp3) is 0.800. The summed E-state index contributed by atoms with van der Waals surface area (Å²) in [7, 11) is -3.33. The fourth-order valence-corrected chi connectivity index (χ4v) is 5.60. The van der Waals surface area contributed by atoms with Crippen LogP contribution >= 0.6 is 0 Å². The van der Waals surface area contributed by atoms with E-state index in [0.717, 1.165) is 44.7 Å². The van der Waals surface area contributed by atoms with Crippen LogP contribution in [0.5, 0.6) is 0 Å². The lowest BCUT2D eigenvalue weighted by molar-refractivity contribution is 0.0646. The van der Waals surface area contributed by atoms with E-state index in [1.54, 1.807) is 20.1 Å². The van der Waals surface area contributed by atoms with Gasteiger partial charge in [0.15, 0.2) is 0 Å². The Bertz CT molecular complexity index is 801. The second kappa shape index (κ2) is 9.57. The molecule has 0 aromatic carbocycles. The molecule has 8 nitrogen and oxygen atoms in total. The Hall–Kier alpha value is -1.45. The number of hydrogen-bond donors (Lipinski definition) is 0. The number of piperidine rings is 2. The van der Waals surface area contributed by atoms with E-state index in [1.165, 1.54) is 25.5 Å². The van der Waals surface area contributed by atoms with Crippen molar-refractivity contribution >= 4 is 15.9 Å². The predicted octanol–water partition coefficient (Wildman–Crippen LogP) is 1.56. The molecule has 164 valence electrons. The Kier molecular flexibility index (Phi) is 7.34. The number of carbonyl (C=O) groups excluding carboxylic acids is 1. The summed E-state index contributed by atoms with van der Waals surface area (Å²) in [4.78, 5) is 17.2. The highest BCUT2D eigenvalue weighted by Crippen LogP contribution is 2.21. The Labute approximate surface area is 174 Å². The van der Waals surface area contributed by atoms with Crippen LogP contribution in [-0.2, 0) is 16.6 Å². The van der Waals surface area contributed by atoms with Crippen molar-refractivity contribution < 1.29 is 13.2 Å². The highest BCUT2D eigenvalue weighted by Gasteiger charge is 2.33. The number of likely N-dealkylation sites (tertiary alicyclic amines) is 2. The van der Waals surface area contributed by atoms with Gasteiger partial charge < -0.3 is 9.80 Å². The number of hydrogen-bond acceptors (Lipinski definition) is 5. The van der Waals surface area contributed by atoms with Crippen LogP contribution in [-0.4, -0.2) is 89.8 Å². The molecular weight excluding hydrogens is 390 g/mol. The van der Waals surface area contributed by atoms with Crippen LogP contribution < -0.4 is 0 Å². The van der Waals surface area contributed by atoms with Crippen molar-refractivity contribution in [3.8, 4) is 0 Å². The van der Waals surface area contributed by atoms with E-state index in [-0.39, 0.29) is 11.9 Å². The van der Waals surface area contributed by atoms with Gasteiger partial charge in [0.2, 0.25) is 10.0 Å². The molecule has 1 aromatic rings. The van der Waals surface area contributed by atoms with Crippen molar-refractivity contribution in [2.45, 2.75) is 58.5 Å². The smallest absolute Gasteiger partial charge is 0.257 e. The number of rotatable bonds is 7. The minimum atomic E-state index is -3.33. The first-order valence-corrected chi connectivity index (χ1v) is 12.7. The molecule has 29 heavy (non-hydrogen) atoms. The molecule has 0 spiro atoms. The van der Waals surface area contributed by atoms with Gasteiger partial charge in [-0.2, -0.15) is 9.40 Å². The molecule has 2 fully saturated rings. The van der Waals surface area contributed by atoms with Gasteiger partial charge in [-0.05, 0) is 52.6 Å². The zero-order valence-corrected chi connectivity index (χ0v) is 18.8. The number of aromatic nitrogens is 2. The van der Waals surface area contributed by atoms with E-state index < -0.39 is 10.0 Å². The molecule has 3 heterocycles. The van der Waals surface area contributed by atoms with E-state index in [9.17, 15) is 13.2 Å². The first-order chi connectivity index (χ1) is 13.8. The van der Waals surface area contributed by atoms with Crippen molar-refractivity contribution in [2.24, 2.45) is 0 Å². The number of carbonyl (C=O) groups is 1. The van der Waals surface area contributed by atoms with Gasteiger partial charge in [0.05, 0.1) is 17.5 Å². The molecule has 9 heteroatoms. The van der Waals surface area contributed by atoms with Gasteiger partial charge in [0, 0.05) is 45.0 Å². The summed E-state index contributed by atoms with van der Waals surface area (Å²) >= 11 is 0. The second-order valence-corrected chi connectivity index (χ2v) is 10.2. The zero-order valence-electron chi connectivity index (χ0n) is 18.0. The van der Waals surface area contributed by atoms with Gasteiger partial charge >= 0.3 is 0 Å². The molecule has 1 aromatic heterocycles. The van der Waals surface area contributed by atoms with E-state index in [2.05, 4.69) is 10.00 Å². The maximum Gasteiger partial charge on any atom is 0.257 e. The first kappa shape index (κ1) is 22.2. The molecule has 1 amide bonds. The van der Waals surface area contributed by atoms with Gasteiger partial charge in [0.25, 0.3) is 5.91 Å². The van der Waals surface area contributed by atoms with Crippen molar-refractivity contribution in [3.63, 3.8) is 0 Å². The lowest BCUT2D eigenvalue weighted by Gasteiger charge is -2.39. The summed E-state index contributed by atoms with van der Waals surface area (Å²) in [6.45, 7) is 9.03. The number of amides is 1. The summed E-state index contributed by atoms with van der Waals surface area (Å²) in [6.07, 6.45) is 8.34. The van der Waals surface area contributed by atoms with Crippen LogP contribution in [0.25, 0.3) is 0 Å². The van der Waals surface area contributed by atoms with Crippen LogP contribution in [0.2, 0.25) is 0 Å². The summed E-state index contributed by atoms with van der Waals surface area (Å²) in [5.41, 5.74) is 1.34. The Morgan fingerprint density at radius 1 is 1.21 bits per heavy atom. The zero-order chi connectivity index (χ0) is 21.0. The topological polar surface area (TPSA) is 78.8 Å². The molecule has 0 saturated carbocycles. The number of aryl methyl sites for hydroxylation is 2. The van der Waals surface area contributed by atoms with Crippen LogP contribution in [0.1, 0.15) is 55.1 Å². The molecule has 0 bridgehead atoms. The monoisotopic (exact) mass is 425 g/mol. The van der Waals surface area contributed by atoms with Crippen LogP contribution in [0.3, 0.4) is 0 Å². The van der Waals surface area contributed by atoms with Crippen LogP contribution in [0, 0.1) is 6.92 Å². The highest BCUT2D eigenvalue weighted by molar-refractivity contribution is 7.88. The Morgan fingerprint density at radius 2 is 1.93 bits per heavy atom. The SMILES string of the molecule is CCn1cc(C(=O)N2CCCC(N(CCN3CCCCC3)S(C)(=O)=O)C2)c(C)n1. The highest BCUT2D eigenvalue weighted by atomic mass is 32.2. The van der Waals surface area contributed by atoms with Gasteiger partial charge in [0.1, 0.15) is 0 Å². The van der Waals surface area contributed by atoms with Crippen LogP contribution in [0.15, 0.2) is 6.20 Å². The predicted molar refractivity (Wildman–Crippen MR) is 113 cm³/mol. The Morgan fingerprint density at radius 3 is 2.55 bits per heavy atom. The van der Waals surface area contributed by atoms with E-state index in [0.29, 0.717) is 25.2 Å². The summed E-state index contributed by atoms with van der Waals surface area (Å²) in [6, 6.07) is -0.158. The fourth-order valence-electron chi connectivity index (χ4n) is 4.48. The van der Waals surface area contributed by atoms with E-state index in [4.69, 9.17) is 0 Å². The third-order valence-electron chi connectivity index (χ3n) is 6.10. The third-order valence-corrected chi connectivity index (χ3v) is 7.44. The molecule has 0 N–H and O–H groups in total. The number of sulfonamides is 1. The average Bonchev–Trinajstić information content (AvgIpc) is 3.08. The first-order valence-electron chi connectivity index (χ1n) is 10.8. The minimum Gasteiger partial charge on any atom is -0.337 e. The van der Waals surface area contributed by atoms with Gasteiger partial charge in [-0.15, -0.1) is 0 Å². The van der Waals surface area contributed by atoms with E-state index >= 15 is 0 Å². The molecule has 0 aliphatic carbocycles. The molecule has 0 radical (unpaired) electrons. The van der Waals surface area contributed by atoms with Crippen molar-refractivity contribution in [2.75, 3.05) is 45.5 Å². The third kappa shape index (κ3) is 5.58. The lowest BCUT2D eigenvalue weighted by Crippen LogP contribution is -2.53. The quantitative estimate of drug-likeness (QED) is 0.663. The molecule has 2 aliphatic rings.